The van der Waals surface area contributed by atoms with Gasteiger partial charge in [-0.15, -0.1) is 0 Å². The lowest BCUT2D eigenvalue weighted by Crippen LogP contribution is -2.29. The van der Waals surface area contributed by atoms with Crippen molar-refractivity contribution >= 4 is 9.84 Å². The topological polar surface area (TPSA) is 61.8 Å². The highest BCUT2D eigenvalue weighted by Gasteiger charge is 2.46. The molecular formula is C13H15F3O5S. The number of hydrogen-bond acceptors (Lipinski definition) is 5. The largest absolute Gasteiger partial charge is 0.501 e. The summed E-state index contributed by atoms with van der Waals surface area (Å²) in [6.45, 7) is 1.85. The smallest absolute Gasteiger partial charge is 0.493 e. The van der Waals surface area contributed by atoms with Crippen LogP contribution in [0.4, 0.5) is 13.2 Å². The molecule has 1 saturated heterocycles. The highest BCUT2D eigenvalue weighted by molar-refractivity contribution is 7.92. The molecule has 1 aliphatic rings. The molecule has 22 heavy (non-hydrogen) atoms. The first-order valence-electron chi connectivity index (χ1n) is 6.54. The Hall–Kier alpha value is -1.32. The molecule has 0 saturated carbocycles. The molecule has 0 aliphatic carbocycles. The Morgan fingerprint density at radius 1 is 1.18 bits per heavy atom. The van der Waals surface area contributed by atoms with E-state index in [1.54, 1.807) is 0 Å². The molecular weight excluding hydrogens is 325 g/mol. The number of hydrogen-bond donors (Lipinski definition) is 0. The molecule has 124 valence electrons. The second-order valence-electron chi connectivity index (χ2n) is 4.63. The Morgan fingerprint density at radius 2 is 1.86 bits per heavy atom. The maximum atomic E-state index is 12.4. The zero-order valence-electron chi connectivity index (χ0n) is 11.5. The van der Waals surface area contributed by atoms with Crippen molar-refractivity contribution in [3.8, 4) is 5.75 Å². The minimum absolute atomic E-state index is 0.0707. The summed E-state index contributed by atoms with van der Waals surface area (Å²) < 4.78 is 75.5. The molecule has 0 aromatic heterocycles. The van der Waals surface area contributed by atoms with Crippen LogP contribution < -0.4 is 4.74 Å². The minimum Gasteiger partial charge on any atom is -0.493 e. The first kappa shape index (κ1) is 17.0. The zero-order valence-corrected chi connectivity index (χ0v) is 12.3. The Labute approximate surface area is 125 Å². The number of sulfone groups is 1. The van der Waals surface area contributed by atoms with Crippen molar-refractivity contribution in [3.63, 3.8) is 0 Å². The van der Waals surface area contributed by atoms with Crippen LogP contribution in [0.5, 0.6) is 5.75 Å². The Bertz CT molecular complexity index is 577. The SMILES string of the molecule is O=S(=O)(c1ccc(OCCC2COCCO2)cc1)C(F)(F)F. The van der Waals surface area contributed by atoms with E-state index in [0.717, 1.165) is 12.1 Å². The molecule has 2 rings (SSSR count). The van der Waals surface area contributed by atoms with Gasteiger partial charge in [-0.1, -0.05) is 0 Å². The van der Waals surface area contributed by atoms with E-state index < -0.39 is 20.2 Å². The molecule has 1 fully saturated rings. The fourth-order valence-electron chi connectivity index (χ4n) is 1.86. The van der Waals surface area contributed by atoms with Crippen molar-refractivity contribution in [2.45, 2.75) is 22.9 Å². The highest BCUT2D eigenvalue weighted by Crippen LogP contribution is 2.30. The van der Waals surface area contributed by atoms with Gasteiger partial charge >= 0.3 is 5.51 Å². The van der Waals surface area contributed by atoms with Crippen molar-refractivity contribution in [2.24, 2.45) is 0 Å². The van der Waals surface area contributed by atoms with Crippen molar-refractivity contribution in [1.82, 2.24) is 0 Å². The number of halogens is 3. The van der Waals surface area contributed by atoms with E-state index in [0.29, 0.717) is 32.8 Å². The molecule has 1 heterocycles. The third kappa shape index (κ3) is 4.11. The van der Waals surface area contributed by atoms with Crippen LogP contribution in [0, 0.1) is 0 Å². The molecule has 1 atom stereocenters. The van der Waals surface area contributed by atoms with Crippen molar-refractivity contribution in [3.05, 3.63) is 24.3 Å². The van der Waals surface area contributed by atoms with Gasteiger partial charge in [0.2, 0.25) is 0 Å². The van der Waals surface area contributed by atoms with E-state index in [4.69, 9.17) is 14.2 Å². The molecule has 1 unspecified atom stereocenters. The fraction of sp³-hybridized carbons (Fsp3) is 0.538. The second kappa shape index (κ2) is 6.84. The van der Waals surface area contributed by atoms with Crippen LogP contribution in [0.15, 0.2) is 29.2 Å². The maximum absolute atomic E-state index is 12.4. The molecule has 0 radical (unpaired) electrons. The third-order valence-corrected chi connectivity index (χ3v) is 4.53. The minimum atomic E-state index is -5.32. The Kier molecular flexibility index (Phi) is 5.30. The van der Waals surface area contributed by atoms with Crippen LogP contribution >= 0.6 is 0 Å². The first-order valence-corrected chi connectivity index (χ1v) is 8.02. The van der Waals surface area contributed by atoms with Crippen LogP contribution in [0.25, 0.3) is 0 Å². The second-order valence-corrected chi connectivity index (χ2v) is 6.57. The maximum Gasteiger partial charge on any atom is 0.501 e. The zero-order chi connectivity index (χ0) is 16.2. The molecule has 0 bridgehead atoms. The van der Waals surface area contributed by atoms with Crippen LogP contribution in [0.2, 0.25) is 0 Å². The van der Waals surface area contributed by atoms with E-state index >= 15 is 0 Å². The molecule has 0 spiro atoms. The quantitative estimate of drug-likeness (QED) is 0.822. The van der Waals surface area contributed by atoms with Gasteiger partial charge in [0.05, 0.1) is 37.4 Å². The van der Waals surface area contributed by atoms with Gasteiger partial charge in [0.25, 0.3) is 9.84 Å². The van der Waals surface area contributed by atoms with Gasteiger partial charge in [0.15, 0.2) is 0 Å². The Balaban J connectivity index is 1.89. The summed E-state index contributed by atoms with van der Waals surface area (Å²) in [6.07, 6.45) is 0.501. The lowest BCUT2D eigenvalue weighted by atomic mass is 10.2. The summed E-state index contributed by atoms with van der Waals surface area (Å²) in [5.74, 6) is 0.290. The van der Waals surface area contributed by atoms with Crippen molar-refractivity contribution in [2.75, 3.05) is 26.4 Å². The number of alkyl halides is 3. The summed E-state index contributed by atoms with van der Waals surface area (Å²) in [5.41, 5.74) is -5.31. The van der Waals surface area contributed by atoms with E-state index in [1.165, 1.54) is 12.1 Å². The van der Waals surface area contributed by atoms with Crippen LogP contribution in [0.1, 0.15) is 6.42 Å². The van der Waals surface area contributed by atoms with Crippen molar-refractivity contribution < 1.29 is 35.8 Å². The van der Waals surface area contributed by atoms with Gasteiger partial charge in [-0.2, -0.15) is 13.2 Å². The summed E-state index contributed by atoms with van der Waals surface area (Å²) in [7, 11) is -5.32. The van der Waals surface area contributed by atoms with E-state index in [9.17, 15) is 21.6 Å². The molecule has 0 amide bonds. The molecule has 1 aromatic carbocycles. The predicted octanol–water partition coefficient (Wildman–Crippen LogP) is 2.16. The van der Waals surface area contributed by atoms with Gasteiger partial charge < -0.3 is 14.2 Å². The van der Waals surface area contributed by atoms with Gasteiger partial charge in [0, 0.05) is 6.42 Å². The Morgan fingerprint density at radius 3 is 2.41 bits per heavy atom. The average Bonchev–Trinajstić information content (AvgIpc) is 2.48. The third-order valence-electron chi connectivity index (χ3n) is 3.03. The van der Waals surface area contributed by atoms with E-state index in [-0.39, 0.29) is 11.9 Å². The van der Waals surface area contributed by atoms with Crippen LogP contribution in [-0.2, 0) is 19.3 Å². The molecule has 9 heteroatoms. The summed E-state index contributed by atoms with van der Waals surface area (Å²) >= 11 is 0. The summed E-state index contributed by atoms with van der Waals surface area (Å²) in [5, 5.41) is 0. The number of ether oxygens (including phenoxy) is 3. The van der Waals surface area contributed by atoms with Gasteiger partial charge in [-0.05, 0) is 24.3 Å². The predicted molar refractivity (Wildman–Crippen MR) is 70.4 cm³/mol. The van der Waals surface area contributed by atoms with Crippen LogP contribution in [0.3, 0.4) is 0 Å². The molecule has 5 nitrogen and oxygen atoms in total. The molecule has 0 N–H and O–H groups in total. The first-order chi connectivity index (χ1) is 10.3. The van der Waals surface area contributed by atoms with E-state index in [1.807, 2.05) is 0 Å². The van der Waals surface area contributed by atoms with Crippen molar-refractivity contribution in [1.29, 1.82) is 0 Å². The van der Waals surface area contributed by atoms with Gasteiger partial charge in [-0.25, -0.2) is 8.42 Å². The number of rotatable bonds is 5. The standard InChI is InChI=1S/C13H15F3O5S/c14-13(15,16)22(17,18)12-3-1-10(2-4-12)20-6-5-11-9-19-7-8-21-11/h1-4,11H,5-9H2. The van der Waals surface area contributed by atoms with Crippen LogP contribution in [-0.4, -0.2) is 46.5 Å². The van der Waals surface area contributed by atoms with Gasteiger partial charge in [-0.3, -0.25) is 0 Å². The monoisotopic (exact) mass is 340 g/mol. The van der Waals surface area contributed by atoms with E-state index in [2.05, 4.69) is 0 Å². The lowest BCUT2D eigenvalue weighted by Gasteiger charge is -2.22. The highest BCUT2D eigenvalue weighted by atomic mass is 32.2. The summed E-state index contributed by atoms with van der Waals surface area (Å²) in [6, 6.07) is 4.13. The summed E-state index contributed by atoms with van der Waals surface area (Å²) in [4.78, 5) is -0.809. The fourth-order valence-corrected chi connectivity index (χ4v) is 2.62. The molecule has 1 aromatic rings. The van der Waals surface area contributed by atoms with Gasteiger partial charge in [0.1, 0.15) is 5.75 Å². The number of benzene rings is 1. The lowest BCUT2D eigenvalue weighted by molar-refractivity contribution is -0.0935. The average molecular weight is 340 g/mol. The normalized spacial score (nSPS) is 19.9. The molecule has 1 aliphatic heterocycles.